The predicted octanol–water partition coefficient (Wildman–Crippen LogP) is 2.23. The molecule has 1 aromatic rings. The van der Waals surface area contributed by atoms with Gasteiger partial charge >= 0.3 is 0 Å². The molecule has 0 unspecified atom stereocenters. The molecule has 2 aliphatic heterocycles. The van der Waals surface area contributed by atoms with Crippen molar-refractivity contribution in [2.75, 3.05) is 13.1 Å². The van der Waals surface area contributed by atoms with Gasteiger partial charge in [0.1, 0.15) is 5.75 Å². The van der Waals surface area contributed by atoms with E-state index in [1.54, 1.807) is 4.90 Å². The number of fused-ring (bicyclic) bond motifs is 1. The van der Waals surface area contributed by atoms with Crippen LogP contribution in [0.1, 0.15) is 51.1 Å². The second kappa shape index (κ2) is 5.82. The maximum Gasteiger partial charge on any atom is 0.175 e. The number of para-hydroxylation sites is 1. The van der Waals surface area contributed by atoms with E-state index in [0.29, 0.717) is 6.42 Å². The average molecular weight is 288 g/mol. The highest BCUT2D eigenvalue weighted by atomic mass is 16.5. The number of quaternary nitrogens is 1. The Labute approximate surface area is 127 Å². The molecule has 2 N–H and O–H groups in total. The van der Waals surface area contributed by atoms with Crippen molar-refractivity contribution in [3.05, 3.63) is 41.7 Å². The molecule has 0 bridgehead atoms. The van der Waals surface area contributed by atoms with E-state index in [1.807, 2.05) is 32.1 Å². The molecule has 0 spiro atoms. The zero-order chi connectivity index (χ0) is 14.9. The van der Waals surface area contributed by atoms with Crippen molar-refractivity contribution in [3.8, 4) is 5.75 Å². The minimum Gasteiger partial charge on any atom is -0.455 e. The lowest BCUT2D eigenvalue weighted by atomic mass is 9.97. The fraction of sp³-hybridized carbons (Fsp3) is 0.556. The van der Waals surface area contributed by atoms with Crippen molar-refractivity contribution < 1.29 is 14.7 Å². The summed E-state index contributed by atoms with van der Waals surface area (Å²) in [6.07, 6.45) is 6.53. The Bertz CT molecular complexity index is 530. The highest BCUT2D eigenvalue weighted by Crippen LogP contribution is 2.38. The summed E-state index contributed by atoms with van der Waals surface area (Å²) in [5.74, 6) is 1.89. The van der Waals surface area contributed by atoms with Crippen LogP contribution < -0.4 is 9.64 Å². The number of likely N-dealkylation sites (tertiary alicyclic amines) is 1. The van der Waals surface area contributed by atoms with Gasteiger partial charge in [-0.3, -0.25) is 0 Å². The first-order chi connectivity index (χ1) is 10.1. The van der Waals surface area contributed by atoms with Gasteiger partial charge in [-0.15, -0.1) is 0 Å². The Balaban J connectivity index is 1.96. The third-order valence-electron chi connectivity index (χ3n) is 4.82. The van der Waals surface area contributed by atoms with Crippen molar-refractivity contribution in [3.63, 3.8) is 0 Å². The van der Waals surface area contributed by atoms with Crippen LogP contribution in [0.5, 0.6) is 5.75 Å². The number of hydrogen-bond donors (Lipinski definition) is 2. The van der Waals surface area contributed by atoms with E-state index in [4.69, 9.17) is 4.74 Å². The van der Waals surface area contributed by atoms with Gasteiger partial charge in [0.2, 0.25) is 0 Å². The molecule has 2 aliphatic rings. The number of nitrogens with one attached hydrogen (secondary N) is 1. The summed E-state index contributed by atoms with van der Waals surface area (Å²) in [4.78, 5) is 1.57. The third kappa shape index (κ3) is 2.99. The summed E-state index contributed by atoms with van der Waals surface area (Å²) in [6.45, 7) is 6.23. The van der Waals surface area contributed by atoms with Crippen molar-refractivity contribution in [1.82, 2.24) is 0 Å². The lowest BCUT2D eigenvalue weighted by molar-refractivity contribution is -0.931. The molecule has 0 amide bonds. The third-order valence-corrected chi connectivity index (χ3v) is 4.82. The van der Waals surface area contributed by atoms with Crippen LogP contribution in [0.4, 0.5) is 0 Å². The van der Waals surface area contributed by atoms with Gasteiger partial charge in [-0.2, -0.15) is 0 Å². The number of benzene rings is 1. The van der Waals surface area contributed by atoms with Gasteiger partial charge in [-0.1, -0.05) is 19.1 Å². The van der Waals surface area contributed by atoms with Crippen LogP contribution in [0.3, 0.4) is 0 Å². The van der Waals surface area contributed by atoms with Gasteiger partial charge < -0.3 is 14.7 Å². The SMILES string of the molecule is CC[C@@](C)(O)/C=C1/Oc2ccccc2[C@H]1[NH+]1CCCCC1. The van der Waals surface area contributed by atoms with Crippen LogP contribution in [-0.2, 0) is 0 Å². The monoisotopic (exact) mass is 288 g/mol. The fourth-order valence-corrected chi connectivity index (χ4v) is 3.39. The Hall–Kier alpha value is -1.32. The summed E-state index contributed by atoms with van der Waals surface area (Å²) >= 11 is 0. The van der Waals surface area contributed by atoms with Crippen molar-refractivity contribution in [2.45, 2.75) is 51.2 Å². The van der Waals surface area contributed by atoms with E-state index >= 15 is 0 Å². The largest absolute Gasteiger partial charge is 0.455 e. The molecular weight excluding hydrogens is 262 g/mol. The van der Waals surface area contributed by atoms with Crippen LogP contribution in [-0.4, -0.2) is 23.8 Å². The molecule has 0 aliphatic carbocycles. The van der Waals surface area contributed by atoms with Crippen LogP contribution in [0, 0.1) is 0 Å². The Morgan fingerprint density at radius 1 is 1.29 bits per heavy atom. The fourth-order valence-electron chi connectivity index (χ4n) is 3.39. The zero-order valence-electron chi connectivity index (χ0n) is 13.1. The lowest BCUT2D eigenvalue weighted by Crippen LogP contribution is -3.13. The van der Waals surface area contributed by atoms with Gasteiger partial charge in [0, 0.05) is 0 Å². The maximum absolute atomic E-state index is 10.4. The smallest absolute Gasteiger partial charge is 0.175 e. The second-order valence-corrected chi connectivity index (χ2v) is 6.55. The summed E-state index contributed by atoms with van der Waals surface area (Å²) in [5.41, 5.74) is 0.470. The number of ether oxygens (including phenoxy) is 1. The first-order valence-electron chi connectivity index (χ1n) is 8.17. The van der Waals surface area contributed by atoms with Gasteiger partial charge in [0.05, 0.1) is 24.3 Å². The molecule has 0 aromatic heterocycles. The second-order valence-electron chi connectivity index (χ2n) is 6.55. The molecule has 114 valence electrons. The summed E-state index contributed by atoms with van der Waals surface area (Å²) in [5, 5.41) is 10.4. The summed E-state index contributed by atoms with van der Waals surface area (Å²) in [6, 6.07) is 8.55. The number of aliphatic hydroxyl groups is 1. The molecular formula is C18H26NO2+. The van der Waals surface area contributed by atoms with Crippen molar-refractivity contribution in [1.29, 1.82) is 0 Å². The maximum atomic E-state index is 10.4. The Morgan fingerprint density at radius 2 is 2.00 bits per heavy atom. The molecule has 3 nitrogen and oxygen atoms in total. The topological polar surface area (TPSA) is 33.9 Å². The first-order valence-corrected chi connectivity index (χ1v) is 8.17. The van der Waals surface area contributed by atoms with E-state index in [9.17, 15) is 5.11 Å². The Kier molecular flexibility index (Phi) is 4.05. The highest BCUT2D eigenvalue weighted by Gasteiger charge is 2.39. The molecule has 1 saturated heterocycles. The van der Waals surface area contributed by atoms with E-state index in [-0.39, 0.29) is 6.04 Å². The molecule has 21 heavy (non-hydrogen) atoms. The molecule has 1 aromatic carbocycles. The van der Waals surface area contributed by atoms with Crippen LogP contribution in [0.15, 0.2) is 36.1 Å². The van der Waals surface area contributed by atoms with E-state index in [0.717, 1.165) is 11.5 Å². The lowest BCUT2D eigenvalue weighted by Gasteiger charge is -2.30. The van der Waals surface area contributed by atoms with Crippen LogP contribution in [0.2, 0.25) is 0 Å². The number of hydrogen-bond acceptors (Lipinski definition) is 2. The van der Waals surface area contributed by atoms with Crippen molar-refractivity contribution in [2.24, 2.45) is 0 Å². The zero-order valence-corrected chi connectivity index (χ0v) is 13.1. The normalized spacial score (nSPS) is 27.2. The van der Waals surface area contributed by atoms with Gasteiger partial charge in [-0.05, 0) is 50.8 Å². The number of piperidine rings is 1. The van der Waals surface area contributed by atoms with E-state index in [2.05, 4.69) is 12.1 Å². The summed E-state index contributed by atoms with van der Waals surface area (Å²) < 4.78 is 6.09. The Morgan fingerprint density at radius 3 is 2.71 bits per heavy atom. The molecule has 3 heteroatoms. The quantitative estimate of drug-likeness (QED) is 0.894. The molecule has 1 fully saturated rings. The van der Waals surface area contributed by atoms with Crippen LogP contribution >= 0.6 is 0 Å². The highest BCUT2D eigenvalue weighted by molar-refractivity contribution is 5.44. The van der Waals surface area contributed by atoms with E-state index < -0.39 is 5.60 Å². The standard InChI is InChI=1S/C18H25NO2/c1-3-18(2,20)13-16-17(19-11-7-4-8-12-19)14-9-5-6-10-15(14)21-16/h5-6,9-10,13,17,20H,3-4,7-8,11-12H2,1-2H3/p+1/b16-13+/t17-,18-/m1/s1. The van der Waals surface area contributed by atoms with Gasteiger partial charge in [-0.25, -0.2) is 0 Å². The van der Waals surface area contributed by atoms with Gasteiger partial charge in [0.25, 0.3) is 0 Å². The van der Waals surface area contributed by atoms with Crippen molar-refractivity contribution >= 4 is 0 Å². The molecule has 0 radical (unpaired) electrons. The number of rotatable bonds is 3. The van der Waals surface area contributed by atoms with E-state index in [1.165, 1.54) is 37.9 Å². The average Bonchev–Trinajstić information content (AvgIpc) is 2.85. The predicted molar refractivity (Wildman–Crippen MR) is 83.4 cm³/mol. The first kappa shape index (κ1) is 14.6. The van der Waals surface area contributed by atoms with Crippen LogP contribution in [0.25, 0.3) is 0 Å². The molecule has 2 atom stereocenters. The molecule has 2 heterocycles. The molecule has 3 rings (SSSR count). The molecule has 0 saturated carbocycles. The minimum absolute atomic E-state index is 0.250. The summed E-state index contributed by atoms with van der Waals surface area (Å²) in [7, 11) is 0. The van der Waals surface area contributed by atoms with Gasteiger partial charge in [0.15, 0.2) is 11.8 Å². The minimum atomic E-state index is -0.801.